The summed E-state index contributed by atoms with van der Waals surface area (Å²) >= 11 is 3.56. The van der Waals surface area contributed by atoms with E-state index in [0.29, 0.717) is 0 Å². The highest BCUT2D eigenvalue weighted by Gasteiger charge is 2.31. The third kappa shape index (κ3) is 4.05. The molecule has 1 N–H and O–H groups in total. The maximum absolute atomic E-state index is 12.8. The number of nitrogens with one attached hydrogen (secondary N) is 1. The van der Waals surface area contributed by atoms with Gasteiger partial charge in [-0.1, -0.05) is 64.5 Å². The van der Waals surface area contributed by atoms with Gasteiger partial charge in [-0.25, -0.2) is 0 Å². The molecule has 0 aliphatic carbocycles. The molecule has 0 bridgehead atoms. The monoisotopic (exact) mass is 386 g/mol. The lowest BCUT2D eigenvalue weighted by atomic mass is 10.1. The first-order valence-corrected chi connectivity index (χ1v) is 9.27. The first-order valence-electron chi connectivity index (χ1n) is 8.48. The Balaban J connectivity index is 1.64. The van der Waals surface area contributed by atoms with Gasteiger partial charge in [0.2, 0.25) is 5.91 Å². The predicted molar refractivity (Wildman–Crippen MR) is 101 cm³/mol. The van der Waals surface area contributed by atoms with E-state index in [1.54, 1.807) is 0 Å². The fourth-order valence-electron chi connectivity index (χ4n) is 3.34. The fraction of sp³-hybridized carbons (Fsp3) is 0.350. The van der Waals surface area contributed by atoms with E-state index < -0.39 is 0 Å². The van der Waals surface area contributed by atoms with Gasteiger partial charge in [0.15, 0.2) is 0 Å². The molecule has 2 aromatic carbocycles. The van der Waals surface area contributed by atoms with Crippen molar-refractivity contribution in [1.29, 1.82) is 0 Å². The molecule has 1 fully saturated rings. The molecule has 1 aliphatic rings. The van der Waals surface area contributed by atoms with Crippen LogP contribution >= 0.6 is 15.9 Å². The molecule has 1 saturated heterocycles. The number of hydrogen-bond donors (Lipinski definition) is 1. The topological polar surface area (TPSA) is 32.3 Å². The van der Waals surface area contributed by atoms with E-state index in [9.17, 15) is 4.79 Å². The van der Waals surface area contributed by atoms with Crippen molar-refractivity contribution in [2.24, 2.45) is 0 Å². The number of benzene rings is 2. The number of hydrogen-bond acceptors (Lipinski definition) is 2. The van der Waals surface area contributed by atoms with Gasteiger partial charge >= 0.3 is 0 Å². The molecular weight excluding hydrogens is 364 g/mol. The first-order chi connectivity index (χ1) is 11.6. The highest BCUT2D eigenvalue weighted by Crippen LogP contribution is 2.25. The van der Waals surface area contributed by atoms with Crippen LogP contribution < -0.4 is 5.32 Å². The summed E-state index contributed by atoms with van der Waals surface area (Å²) in [5, 5.41) is 3.18. The Hall–Kier alpha value is -1.65. The average Bonchev–Trinajstić information content (AvgIpc) is 3.04. The summed E-state index contributed by atoms with van der Waals surface area (Å²) in [5.41, 5.74) is 2.37. The Morgan fingerprint density at radius 1 is 1.21 bits per heavy atom. The van der Waals surface area contributed by atoms with Crippen molar-refractivity contribution in [2.75, 3.05) is 6.54 Å². The number of amides is 1. The molecule has 24 heavy (non-hydrogen) atoms. The van der Waals surface area contributed by atoms with E-state index in [-0.39, 0.29) is 18.0 Å². The van der Waals surface area contributed by atoms with E-state index in [4.69, 9.17) is 0 Å². The van der Waals surface area contributed by atoms with Crippen molar-refractivity contribution < 1.29 is 4.79 Å². The zero-order valence-electron chi connectivity index (χ0n) is 13.9. The van der Waals surface area contributed by atoms with Gasteiger partial charge in [0.05, 0.1) is 12.1 Å². The molecule has 1 amide bonds. The summed E-state index contributed by atoms with van der Waals surface area (Å²) in [6.45, 7) is 3.85. The Morgan fingerprint density at radius 3 is 2.67 bits per heavy atom. The molecule has 1 heterocycles. The van der Waals surface area contributed by atoms with Gasteiger partial charge in [-0.3, -0.25) is 9.69 Å². The van der Waals surface area contributed by atoms with E-state index in [2.05, 4.69) is 50.4 Å². The molecule has 1 aliphatic heterocycles. The van der Waals surface area contributed by atoms with Crippen molar-refractivity contribution in [2.45, 2.75) is 38.4 Å². The SMILES string of the molecule is CC(NC(=O)C1CCCN1Cc1ccccc1)c1ccccc1Br. The zero-order valence-corrected chi connectivity index (χ0v) is 15.5. The summed E-state index contributed by atoms with van der Waals surface area (Å²) in [6, 6.07) is 18.4. The van der Waals surface area contributed by atoms with Crippen molar-refractivity contribution in [3.05, 3.63) is 70.2 Å². The van der Waals surface area contributed by atoms with Crippen LogP contribution in [-0.2, 0) is 11.3 Å². The molecule has 3 nitrogen and oxygen atoms in total. The van der Waals surface area contributed by atoms with Gasteiger partial charge in [0, 0.05) is 11.0 Å². The lowest BCUT2D eigenvalue weighted by Gasteiger charge is -2.26. The Morgan fingerprint density at radius 2 is 1.92 bits per heavy atom. The van der Waals surface area contributed by atoms with Gasteiger partial charge in [0.25, 0.3) is 0 Å². The molecule has 0 saturated carbocycles. The van der Waals surface area contributed by atoms with E-state index in [0.717, 1.165) is 36.0 Å². The summed E-state index contributed by atoms with van der Waals surface area (Å²) in [6.07, 6.45) is 2.01. The minimum atomic E-state index is -0.0323. The van der Waals surface area contributed by atoms with Crippen molar-refractivity contribution >= 4 is 21.8 Å². The number of likely N-dealkylation sites (tertiary alicyclic amines) is 1. The zero-order chi connectivity index (χ0) is 16.9. The van der Waals surface area contributed by atoms with Crippen molar-refractivity contribution in [1.82, 2.24) is 10.2 Å². The van der Waals surface area contributed by atoms with Crippen LogP contribution in [0.1, 0.15) is 36.9 Å². The van der Waals surface area contributed by atoms with Crippen LogP contribution in [0.3, 0.4) is 0 Å². The second-order valence-electron chi connectivity index (χ2n) is 6.37. The molecular formula is C20H23BrN2O. The molecule has 2 atom stereocenters. The van der Waals surface area contributed by atoms with Crippen LogP contribution in [0.25, 0.3) is 0 Å². The van der Waals surface area contributed by atoms with Crippen LogP contribution in [0.4, 0.5) is 0 Å². The summed E-state index contributed by atoms with van der Waals surface area (Å²) < 4.78 is 1.03. The van der Waals surface area contributed by atoms with E-state index >= 15 is 0 Å². The summed E-state index contributed by atoms with van der Waals surface area (Å²) in [4.78, 5) is 15.1. The molecule has 0 radical (unpaired) electrons. The predicted octanol–water partition coefficient (Wildman–Crippen LogP) is 4.29. The van der Waals surface area contributed by atoms with Gasteiger partial charge in [-0.2, -0.15) is 0 Å². The third-order valence-corrected chi connectivity index (χ3v) is 5.35. The summed E-state index contributed by atoms with van der Waals surface area (Å²) in [5.74, 6) is 0.131. The van der Waals surface area contributed by atoms with Crippen LogP contribution in [0.2, 0.25) is 0 Å². The number of carbonyl (C=O) groups excluding carboxylic acids is 1. The number of halogens is 1. The molecule has 2 unspecified atom stereocenters. The lowest BCUT2D eigenvalue weighted by Crippen LogP contribution is -2.43. The standard InChI is InChI=1S/C20H23BrN2O/c1-15(17-10-5-6-11-18(17)21)22-20(24)19-12-7-13-23(19)14-16-8-3-2-4-9-16/h2-6,8-11,15,19H,7,12-14H2,1H3,(H,22,24). The second-order valence-corrected chi connectivity index (χ2v) is 7.22. The third-order valence-electron chi connectivity index (χ3n) is 4.63. The van der Waals surface area contributed by atoms with E-state index in [1.165, 1.54) is 5.56 Å². The van der Waals surface area contributed by atoms with Crippen LogP contribution in [0.15, 0.2) is 59.1 Å². The maximum atomic E-state index is 12.8. The van der Waals surface area contributed by atoms with E-state index in [1.807, 2.05) is 37.3 Å². The smallest absolute Gasteiger partial charge is 0.237 e. The molecule has 126 valence electrons. The fourth-order valence-corrected chi connectivity index (χ4v) is 3.97. The average molecular weight is 387 g/mol. The van der Waals surface area contributed by atoms with Gasteiger partial charge < -0.3 is 5.32 Å². The molecule has 0 spiro atoms. The molecule has 4 heteroatoms. The quantitative estimate of drug-likeness (QED) is 0.830. The maximum Gasteiger partial charge on any atom is 0.237 e. The number of nitrogens with zero attached hydrogens (tertiary/aromatic N) is 1. The van der Waals surface area contributed by atoms with Gasteiger partial charge in [-0.15, -0.1) is 0 Å². The van der Waals surface area contributed by atoms with Crippen molar-refractivity contribution in [3.63, 3.8) is 0 Å². The molecule has 0 aromatic heterocycles. The van der Waals surface area contributed by atoms with Gasteiger partial charge in [-0.05, 0) is 43.5 Å². The Labute approximate surface area is 152 Å². The highest BCUT2D eigenvalue weighted by molar-refractivity contribution is 9.10. The van der Waals surface area contributed by atoms with Crippen LogP contribution in [-0.4, -0.2) is 23.4 Å². The number of rotatable bonds is 5. The van der Waals surface area contributed by atoms with Gasteiger partial charge in [0.1, 0.15) is 0 Å². The van der Waals surface area contributed by atoms with Crippen LogP contribution in [0, 0.1) is 0 Å². The normalized spacial score (nSPS) is 19.2. The Kier molecular flexibility index (Phi) is 5.69. The van der Waals surface area contributed by atoms with Crippen LogP contribution in [0.5, 0.6) is 0 Å². The summed E-state index contributed by atoms with van der Waals surface area (Å²) in [7, 11) is 0. The minimum absolute atomic E-state index is 0.00718. The number of carbonyl (C=O) groups is 1. The van der Waals surface area contributed by atoms with Crippen molar-refractivity contribution in [3.8, 4) is 0 Å². The Bertz CT molecular complexity index is 689. The first kappa shape index (κ1) is 17.2. The lowest BCUT2D eigenvalue weighted by molar-refractivity contribution is -0.126. The second kappa shape index (κ2) is 7.95. The largest absolute Gasteiger partial charge is 0.348 e. The highest BCUT2D eigenvalue weighted by atomic mass is 79.9. The minimum Gasteiger partial charge on any atom is -0.348 e. The molecule has 3 rings (SSSR count). The molecule has 2 aromatic rings.